The Kier molecular flexibility index (Phi) is 6.15. The molecule has 0 aliphatic heterocycles. The van der Waals surface area contributed by atoms with Crippen LogP contribution in [-0.4, -0.2) is 10.2 Å². The summed E-state index contributed by atoms with van der Waals surface area (Å²) in [5.41, 5.74) is 21.2. The second-order valence-electron chi connectivity index (χ2n) is 10.5. The van der Waals surface area contributed by atoms with E-state index in [9.17, 15) is 10.2 Å². The van der Waals surface area contributed by atoms with E-state index in [-0.39, 0.29) is 23.3 Å². The lowest BCUT2D eigenvalue weighted by atomic mass is 9.66. The fraction of sp³-hybridized carbons (Fsp3) is 0.273. The Bertz CT molecular complexity index is 1380. The van der Waals surface area contributed by atoms with Crippen LogP contribution in [0.3, 0.4) is 0 Å². The molecule has 0 radical (unpaired) electrons. The van der Waals surface area contributed by atoms with E-state index in [2.05, 4.69) is 88.4 Å². The van der Waals surface area contributed by atoms with Gasteiger partial charge in [0.2, 0.25) is 0 Å². The molecule has 0 saturated carbocycles. The van der Waals surface area contributed by atoms with E-state index < -0.39 is 5.41 Å². The standard InChI is InChI=1S/C33H36N2O2/c1-5-19(3)25-15-21(17-29(34)31(25)36)33(22-16-26(20(4)6-2)32(37)30(35)18-22)27-13-9-7-11-23(27)24-12-8-10-14-28(24)33/h7-20,36-37H,5-6,34-35H2,1-4H3. The van der Waals surface area contributed by atoms with Gasteiger partial charge in [-0.2, -0.15) is 0 Å². The SMILES string of the molecule is CCC(C)c1cc(C2(c3cc(N)c(O)c(C(C)CC)c3)c3ccccc3-c3ccccc32)cc(N)c1O. The molecule has 0 spiro atoms. The monoisotopic (exact) mass is 492 g/mol. The van der Waals surface area contributed by atoms with Crippen LogP contribution in [0.1, 0.15) is 85.8 Å². The number of fused-ring (bicyclic) bond motifs is 3. The van der Waals surface area contributed by atoms with Crippen LogP contribution < -0.4 is 11.5 Å². The van der Waals surface area contributed by atoms with Crippen molar-refractivity contribution >= 4 is 11.4 Å². The van der Waals surface area contributed by atoms with Gasteiger partial charge in [0.15, 0.2) is 0 Å². The van der Waals surface area contributed by atoms with Gasteiger partial charge in [0.1, 0.15) is 11.5 Å². The van der Waals surface area contributed by atoms with Crippen LogP contribution in [-0.2, 0) is 5.41 Å². The zero-order chi connectivity index (χ0) is 26.5. The van der Waals surface area contributed by atoms with E-state index in [0.29, 0.717) is 11.4 Å². The van der Waals surface area contributed by atoms with Crippen molar-refractivity contribution in [2.45, 2.75) is 57.8 Å². The van der Waals surface area contributed by atoms with Crippen molar-refractivity contribution in [3.8, 4) is 22.6 Å². The molecular formula is C33H36N2O2. The van der Waals surface area contributed by atoms with Gasteiger partial charge >= 0.3 is 0 Å². The molecule has 37 heavy (non-hydrogen) atoms. The van der Waals surface area contributed by atoms with Crippen molar-refractivity contribution in [2.24, 2.45) is 0 Å². The summed E-state index contributed by atoms with van der Waals surface area (Å²) in [4.78, 5) is 0. The summed E-state index contributed by atoms with van der Waals surface area (Å²) < 4.78 is 0. The number of nitrogens with two attached hydrogens (primary N) is 2. The Labute approximate surface area is 219 Å². The highest BCUT2D eigenvalue weighted by atomic mass is 16.3. The first-order valence-electron chi connectivity index (χ1n) is 13.2. The minimum absolute atomic E-state index is 0.131. The second kappa shape index (κ2) is 9.19. The summed E-state index contributed by atoms with van der Waals surface area (Å²) in [5, 5.41) is 21.9. The molecule has 1 aliphatic carbocycles. The molecule has 190 valence electrons. The van der Waals surface area contributed by atoms with Crippen LogP contribution in [0.4, 0.5) is 11.4 Å². The number of nitrogen functional groups attached to an aromatic ring is 2. The lowest BCUT2D eigenvalue weighted by Gasteiger charge is -2.36. The second-order valence-corrected chi connectivity index (χ2v) is 10.5. The van der Waals surface area contributed by atoms with Gasteiger partial charge in [-0.05, 0) is 81.3 Å². The lowest BCUT2D eigenvalue weighted by molar-refractivity contribution is 0.463. The normalized spacial score (nSPS) is 15.1. The van der Waals surface area contributed by atoms with Crippen molar-refractivity contribution in [1.29, 1.82) is 0 Å². The Balaban J connectivity index is 1.97. The number of rotatable bonds is 6. The molecule has 1 aliphatic rings. The van der Waals surface area contributed by atoms with Crippen molar-refractivity contribution in [3.63, 3.8) is 0 Å². The average molecular weight is 493 g/mol. The molecule has 0 amide bonds. The summed E-state index contributed by atoms with van der Waals surface area (Å²) in [6.45, 7) is 8.45. The number of benzene rings is 4. The molecule has 4 aromatic carbocycles. The first kappa shape index (κ1) is 24.8. The highest BCUT2D eigenvalue weighted by molar-refractivity contribution is 5.87. The van der Waals surface area contributed by atoms with E-state index >= 15 is 0 Å². The van der Waals surface area contributed by atoms with Crippen LogP contribution in [0.15, 0.2) is 72.8 Å². The minimum atomic E-state index is -0.721. The van der Waals surface area contributed by atoms with Crippen molar-refractivity contribution in [1.82, 2.24) is 0 Å². The van der Waals surface area contributed by atoms with Crippen LogP contribution in [0.25, 0.3) is 11.1 Å². The zero-order valence-electron chi connectivity index (χ0n) is 22.0. The number of hydrogen-bond donors (Lipinski definition) is 4. The molecule has 4 nitrogen and oxygen atoms in total. The molecule has 0 fully saturated rings. The Morgan fingerprint density at radius 2 is 1.03 bits per heavy atom. The molecule has 2 atom stereocenters. The molecule has 4 aromatic rings. The van der Waals surface area contributed by atoms with E-state index in [1.165, 1.54) is 0 Å². The van der Waals surface area contributed by atoms with Gasteiger partial charge in [0.25, 0.3) is 0 Å². The highest BCUT2D eigenvalue weighted by Gasteiger charge is 2.47. The molecule has 0 saturated heterocycles. The fourth-order valence-electron chi connectivity index (χ4n) is 6.01. The zero-order valence-corrected chi connectivity index (χ0v) is 22.0. The van der Waals surface area contributed by atoms with Gasteiger partial charge < -0.3 is 21.7 Å². The van der Waals surface area contributed by atoms with E-state index in [0.717, 1.165) is 57.3 Å². The lowest BCUT2D eigenvalue weighted by Crippen LogP contribution is -2.29. The first-order chi connectivity index (χ1) is 17.7. The average Bonchev–Trinajstić information content (AvgIpc) is 3.22. The smallest absolute Gasteiger partial charge is 0.141 e. The van der Waals surface area contributed by atoms with Crippen LogP contribution in [0.2, 0.25) is 0 Å². The molecular weight excluding hydrogens is 456 g/mol. The third kappa shape index (κ3) is 3.58. The molecule has 0 aromatic heterocycles. The molecule has 0 heterocycles. The maximum atomic E-state index is 11.0. The van der Waals surface area contributed by atoms with Crippen molar-refractivity contribution in [3.05, 3.63) is 106 Å². The van der Waals surface area contributed by atoms with Crippen molar-refractivity contribution in [2.75, 3.05) is 11.5 Å². The maximum Gasteiger partial charge on any atom is 0.141 e. The maximum absolute atomic E-state index is 11.0. The van der Waals surface area contributed by atoms with Crippen LogP contribution in [0.5, 0.6) is 11.5 Å². The summed E-state index contributed by atoms with van der Waals surface area (Å²) in [6, 6.07) is 25.0. The molecule has 6 N–H and O–H groups in total. The number of aromatic hydroxyl groups is 2. The molecule has 0 bridgehead atoms. The fourth-order valence-corrected chi connectivity index (χ4v) is 6.01. The van der Waals surface area contributed by atoms with Gasteiger partial charge in [-0.1, -0.05) is 88.4 Å². The molecule has 2 unspecified atom stereocenters. The van der Waals surface area contributed by atoms with Gasteiger partial charge in [0, 0.05) is 0 Å². The van der Waals surface area contributed by atoms with Crippen LogP contribution >= 0.6 is 0 Å². The molecule has 4 heteroatoms. The summed E-state index contributed by atoms with van der Waals surface area (Å²) in [6.07, 6.45) is 1.75. The summed E-state index contributed by atoms with van der Waals surface area (Å²) in [5.74, 6) is 0.565. The largest absolute Gasteiger partial charge is 0.505 e. The number of anilines is 2. The van der Waals surface area contributed by atoms with Crippen LogP contribution in [0, 0.1) is 0 Å². The van der Waals surface area contributed by atoms with Gasteiger partial charge in [-0.3, -0.25) is 0 Å². The van der Waals surface area contributed by atoms with E-state index in [1.54, 1.807) is 0 Å². The quantitative estimate of drug-likeness (QED) is 0.145. The highest BCUT2D eigenvalue weighted by Crippen LogP contribution is 2.58. The number of phenols is 2. The van der Waals surface area contributed by atoms with E-state index in [4.69, 9.17) is 11.5 Å². The predicted molar refractivity (Wildman–Crippen MR) is 153 cm³/mol. The minimum Gasteiger partial charge on any atom is -0.505 e. The topological polar surface area (TPSA) is 92.5 Å². The Morgan fingerprint density at radius 1 is 0.649 bits per heavy atom. The Hall–Kier alpha value is -3.92. The number of phenolic OH excluding ortho intramolecular Hbond substituents is 2. The predicted octanol–water partition coefficient (Wildman–Crippen LogP) is 7.65. The number of hydrogen-bond acceptors (Lipinski definition) is 4. The summed E-state index contributed by atoms with van der Waals surface area (Å²) in [7, 11) is 0. The van der Waals surface area contributed by atoms with Gasteiger partial charge in [-0.15, -0.1) is 0 Å². The first-order valence-corrected chi connectivity index (χ1v) is 13.2. The van der Waals surface area contributed by atoms with E-state index in [1.807, 2.05) is 12.1 Å². The molecule has 5 rings (SSSR count). The summed E-state index contributed by atoms with van der Waals surface area (Å²) >= 11 is 0. The van der Waals surface area contributed by atoms with Crippen molar-refractivity contribution < 1.29 is 10.2 Å². The van der Waals surface area contributed by atoms with Gasteiger partial charge in [-0.25, -0.2) is 0 Å². The third-order valence-corrected chi connectivity index (χ3v) is 8.44. The third-order valence-electron chi connectivity index (χ3n) is 8.44. The Morgan fingerprint density at radius 3 is 1.41 bits per heavy atom. The van der Waals surface area contributed by atoms with Gasteiger partial charge in [0.05, 0.1) is 16.8 Å².